The van der Waals surface area contributed by atoms with Crippen LogP contribution in [0.3, 0.4) is 0 Å². The van der Waals surface area contributed by atoms with Gasteiger partial charge in [-0.15, -0.1) is 11.3 Å². The standard InChI is InChI=1S/C51H78FN7O11S/c1-14-38-51(11,65)35-19-18-34(58-67-25-33-17-16-32(23-54-33)46-56-39(26-71-46)55-45(63)36(53)20-27(3)4)24-66-49(9,22-28(5)41(30(35)7)57-40(60)15-2)44(31(8)43(62)50(10,52)48(64)69-38)70-47-42(61)37(59(12)13)21-29(6)68-47/h16-17,23,26-31,35-38,42,44,47,61,65H,14-15,18-22,24-25,53H2,1-13H3,(H,55,63)/b57-41+,58-34+/t28-,29-,30-,31?,35-,36?,37?,38-,42-,44-,47+,49-,50+,51+/m1/s1. The Morgan fingerprint density at radius 2 is 1.82 bits per heavy atom. The second-order valence-corrected chi connectivity index (χ2v) is 21.8. The second kappa shape index (κ2) is 24.3. The van der Waals surface area contributed by atoms with Crippen LogP contribution >= 0.6 is 11.3 Å². The minimum Gasteiger partial charge on any atom is -0.457 e. The number of pyridine rings is 1. The number of hydrogen-bond acceptors (Lipinski definition) is 17. The lowest BCUT2D eigenvalue weighted by Gasteiger charge is -2.48. The SMILES string of the molecule is CCC(=O)/N=C1\[C@H](C)C[C@@]2(C)OC/C(=N/OCc3ccc(-c4nc(NC(=O)C(N)CC(C)C)cs4)cn3)CC[C@H]([C@H]1C)[C@](C)(O)[C@@H](CC)OC(=O)[C@@](C)(F)C(=O)C(C)[C@H]2O[C@@H]1O[C@H](C)CC(N(C)C)[C@H]1O. The molecule has 2 aromatic heterocycles. The molecule has 18 nitrogen and oxygen atoms in total. The molecule has 0 radical (unpaired) electrons. The number of aliphatic hydroxyl groups excluding tert-OH is 1. The van der Waals surface area contributed by atoms with Gasteiger partial charge in [-0.2, -0.15) is 0 Å². The largest absolute Gasteiger partial charge is 0.457 e. The fourth-order valence-corrected chi connectivity index (χ4v) is 11.0. The van der Waals surface area contributed by atoms with Gasteiger partial charge >= 0.3 is 5.97 Å². The molecule has 71 heavy (non-hydrogen) atoms. The summed E-state index contributed by atoms with van der Waals surface area (Å²) >= 11 is 1.34. The maximum absolute atomic E-state index is 17.1. The van der Waals surface area contributed by atoms with Crippen molar-refractivity contribution in [3.8, 4) is 10.6 Å². The number of carbonyl (C=O) groups is 4. The topological polar surface area (TPSA) is 247 Å². The van der Waals surface area contributed by atoms with Crippen molar-refractivity contribution in [1.82, 2.24) is 14.9 Å². The van der Waals surface area contributed by atoms with Crippen LogP contribution in [0, 0.1) is 29.6 Å². The van der Waals surface area contributed by atoms with E-state index < -0.39 is 95.1 Å². The quantitative estimate of drug-likeness (QED) is 0.0957. The zero-order chi connectivity index (χ0) is 52.7. The summed E-state index contributed by atoms with van der Waals surface area (Å²) in [5, 5.41) is 34.1. The molecule has 0 spiro atoms. The number of alkyl halides is 1. The third kappa shape index (κ3) is 13.9. The number of likely N-dealkylation sites (N-methyl/N-ethyl adjacent to an activating group) is 1. The number of Topliss-reactive ketones (excluding diaryl/α,β-unsaturated/α-hetero) is 1. The Bertz CT molecular complexity index is 2220. The zero-order valence-corrected chi connectivity index (χ0v) is 44.6. The Balaban J connectivity index is 1.57. The van der Waals surface area contributed by atoms with E-state index >= 15 is 4.39 Å². The number of ketones is 1. The van der Waals surface area contributed by atoms with Gasteiger partial charge in [-0.25, -0.2) is 19.2 Å². The first kappa shape index (κ1) is 57.7. The molecule has 0 aromatic carbocycles. The average Bonchev–Trinajstić information content (AvgIpc) is 3.77. The fraction of sp³-hybridized carbons (Fsp3) is 0.725. The highest BCUT2D eigenvalue weighted by Crippen LogP contribution is 2.43. The minimum absolute atomic E-state index is 0.0352. The number of aromatic nitrogens is 2. The van der Waals surface area contributed by atoms with E-state index in [4.69, 9.17) is 29.5 Å². The van der Waals surface area contributed by atoms with E-state index in [9.17, 15) is 29.4 Å². The highest BCUT2D eigenvalue weighted by atomic mass is 32.1. The Kier molecular flexibility index (Phi) is 19.7. The summed E-state index contributed by atoms with van der Waals surface area (Å²) in [5.74, 6) is -6.10. The number of nitrogens with zero attached hydrogens (tertiary/aromatic N) is 5. The number of hydrogen-bond donors (Lipinski definition) is 4. The van der Waals surface area contributed by atoms with Crippen molar-refractivity contribution in [2.45, 2.75) is 187 Å². The third-order valence-corrected chi connectivity index (χ3v) is 15.2. The lowest BCUT2D eigenvalue weighted by atomic mass is 9.68. The molecular formula is C51H78FN7O11S. The lowest BCUT2D eigenvalue weighted by molar-refractivity contribution is -0.296. The summed E-state index contributed by atoms with van der Waals surface area (Å²) in [6, 6.07) is 2.53. The number of nitrogens with two attached hydrogens (primary N) is 1. The normalized spacial score (nSPS) is 35.1. The Hall–Kier alpha value is -4.15. The molecule has 3 unspecified atom stereocenters. The highest BCUT2D eigenvalue weighted by molar-refractivity contribution is 7.13. The number of ether oxygens (including phenoxy) is 4. The van der Waals surface area contributed by atoms with Gasteiger partial charge in [-0.05, 0) is 110 Å². The molecule has 396 valence electrons. The number of nitrogens with one attached hydrogen (secondary N) is 1. The number of fused-ring (bicyclic) bond motifs is 5. The number of aliphatic imine (C=N–C) groups is 1. The van der Waals surface area contributed by atoms with E-state index in [0.717, 1.165) is 6.92 Å². The molecule has 5 N–H and O–H groups in total. The van der Waals surface area contributed by atoms with Gasteiger partial charge in [-0.3, -0.25) is 19.4 Å². The number of esters is 1. The molecular weight excluding hydrogens is 938 g/mol. The summed E-state index contributed by atoms with van der Waals surface area (Å²) in [5.41, 5.74) is 1.52. The maximum Gasteiger partial charge on any atom is 0.351 e. The molecule has 0 aliphatic carbocycles. The number of anilines is 1. The predicted molar refractivity (Wildman–Crippen MR) is 268 cm³/mol. The summed E-state index contributed by atoms with van der Waals surface area (Å²) in [6.07, 6.45) is -2.41. The smallest absolute Gasteiger partial charge is 0.351 e. The molecule has 2 aromatic rings. The number of carbonyl (C=O) groups excluding carboxylic acids is 4. The molecule has 0 saturated carbocycles. The Morgan fingerprint density at radius 1 is 1.11 bits per heavy atom. The molecule has 3 saturated heterocycles. The first-order valence-corrected chi connectivity index (χ1v) is 25.8. The molecule has 3 aliphatic heterocycles. The molecule has 2 amide bonds. The van der Waals surface area contributed by atoms with Gasteiger partial charge < -0.3 is 49.9 Å². The number of rotatable bonds is 13. The van der Waals surface area contributed by atoms with Gasteiger partial charge in [0.2, 0.25) is 11.8 Å². The van der Waals surface area contributed by atoms with Crippen LogP contribution in [0.4, 0.5) is 10.2 Å². The molecule has 3 fully saturated rings. The van der Waals surface area contributed by atoms with E-state index in [1.54, 1.807) is 38.4 Å². The van der Waals surface area contributed by atoms with Crippen molar-refractivity contribution in [3.05, 3.63) is 29.4 Å². The van der Waals surface area contributed by atoms with Crippen LogP contribution in [0.15, 0.2) is 33.9 Å². The summed E-state index contributed by atoms with van der Waals surface area (Å²) in [4.78, 5) is 76.1. The van der Waals surface area contributed by atoms with E-state index in [2.05, 4.69) is 25.4 Å². The van der Waals surface area contributed by atoms with Gasteiger partial charge in [0, 0.05) is 47.2 Å². The van der Waals surface area contributed by atoms with Crippen molar-refractivity contribution in [1.29, 1.82) is 0 Å². The van der Waals surface area contributed by atoms with Crippen LogP contribution in [-0.2, 0) is 49.6 Å². The van der Waals surface area contributed by atoms with Crippen LogP contribution in [0.5, 0.6) is 0 Å². The number of amides is 2. The molecule has 20 heteroatoms. The Labute approximate surface area is 422 Å². The summed E-state index contributed by atoms with van der Waals surface area (Å²) in [6.45, 7) is 18.2. The molecule has 14 atom stereocenters. The zero-order valence-electron chi connectivity index (χ0n) is 43.8. The summed E-state index contributed by atoms with van der Waals surface area (Å²) < 4.78 is 42.8. The fourth-order valence-electron chi connectivity index (χ4n) is 10.3. The van der Waals surface area contributed by atoms with Crippen molar-refractivity contribution in [2.24, 2.45) is 45.5 Å². The first-order chi connectivity index (χ1) is 33.2. The van der Waals surface area contributed by atoms with E-state index in [1.807, 2.05) is 59.7 Å². The number of oxime groups is 1. The van der Waals surface area contributed by atoms with Crippen LogP contribution in [0.2, 0.25) is 0 Å². The summed E-state index contributed by atoms with van der Waals surface area (Å²) in [7, 11) is 3.64. The monoisotopic (exact) mass is 1020 g/mol. The first-order valence-electron chi connectivity index (χ1n) is 25.0. The number of aliphatic hydroxyl groups is 2. The number of thiazole rings is 1. The van der Waals surface area contributed by atoms with Crippen molar-refractivity contribution in [3.63, 3.8) is 0 Å². The van der Waals surface area contributed by atoms with Gasteiger partial charge in [0.25, 0.3) is 5.67 Å². The molecule has 5 heterocycles. The molecule has 3 aliphatic rings. The van der Waals surface area contributed by atoms with Crippen LogP contribution in [-0.4, -0.2) is 140 Å². The van der Waals surface area contributed by atoms with Gasteiger partial charge in [0.1, 0.15) is 28.6 Å². The van der Waals surface area contributed by atoms with Crippen LogP contribution < -0.4 is 11.1 Å². The maximum atomic E-state index is 17.1. The molecule has 2 bridgehead atoms. The highest BCUT2D eigenvalue weighted by Gasteiger charge is 2.56. The van der Waals surface area contributed by atoms with Gasteiger partial charge in [0.15, 0.2) is 18.7 Å². The van der Waals surface area contributed by atoms with E-state index in [0.29, 0.717) is 46.3 Å². The van der Waals surface area contributed by atoms with Crippen LogP contribution in [0.25, 0.3) is 10.6 Å². The van der Waals surface area contributed by atoms with E-state index in [1.165, 1.54) is 25.2 Å². The Morgan fingerprint density at radius 3 is 2.44 bits per heavy atom. The van der Waals surface area contributed by atoms with Crippen molar-refractivity contribution < 1.29 is 57.6 Å². The van der Waals surface area contributed by atoms with Gasteiger partial charge in [-0.1, -0.05) is 53.6 Å². The lowest BCUT2D eigenvalue weighted by Crippen LogP contribution is -2.61. The number of halogens is 1. The number of cyclic esters (lactones) is 1. The predicted octanol–water partition coefficient (Wildman–Crippen LogP) is 6.45. The second-order valence-electron chi connectivity index (χ2n) is 21.0. The average molecular weight is 1020 g/mol. The van der Waals surface area contributed by atoms with Crippen LogP contribution in [0.1, 0.15) is 127 Å². The van der Waals surface area contributed by atoms with Crippen molar-refractivity contribution in [2.75, 3.05) is 26.0 Å². The van der Waals surface area contributed by atoms with E-state index in [-0.39, 0.29) is 63.1 Å². The van der Waals surface area contributed by atoms with Crippen molar-refractivity contribution >= 4 is 52.1 Å². The minimum atomic E-state index is -3.21. The third-order valence-electron chi connectivity index (χ3n) is 14.3. The molecule has 5 rings (SSSR count). The van der Waals surface area contributed by atoms with Gasteiger partial charge in [0.05, 0.1) is 41.9 Å².